The molecule has 0 fully saturated rings. The van der Waals surface area contributed by atoms with Crippen molar-refractivity contribution in [2.24, 2.45) is 0 Å². The maximum atomic E-state index is 12.1. The zero-order valence-corrected chi connectivity index (χ0v) is 10.6. The van der Waals surface area contributed by atoms with Crippen molar-refractivity contribution in [3.8, 4) is 0 Å². The van der Waals surface area contributed by atoms with Crippen molar-refractivity contribution >= 4 is 22.1 Å². The molecule has 0 saturated carbocycles. The van der Waals surface area contributed by atoms with Crippen molar-refractivity contribution in [3.05, 3.63) is 53.1 Å². The van der Waals surface area contributed by atoms with Crippen LogP contribution in [0.1, 0.15) is 21.7 Å². The highest BCUT2D eigenvalue weighted by Crippen LogP contribution is 2.13. The maximum absolute atomic E-state index is 12.1. The second-order valence-corrected chi connectivity index (χ2v) is 4.98. The molecular weight excluding hydrogens is 246 g/mol. The molecule has 0 bridgehead atoms. The fourth-order valence-electron chi connectivity index (χ4n) is 1.85. The Balaban J connectivity index is 1.84. The molecular formula is C13H11N3OS. The molecule has 5 heteroatoms. The van der Waals surface area contributed by atoms with E-state index in [2.05, 4.69) is 9.97 Å². The minimum absolute atomic E-state index is 0.0752. The predicted molar refractivity (Wildman–Crippen MR) is 70.1 cm³/mol. The zero-order chi connectivity index (χ0) is 12.5. The summed E-state index contributed by atoms with van der Waals surface area (Å²) in [4.78, 5) is 21.5. The first kappa shape index (κ1) is 11.1. The molecule has 0 aliphatic carbocycles. The lowest BCUT2D eigenvalue weighted by molar-refractivity contribution is 0.0992. The number of ketones is 1. The summed E-state index contributed by atoms with van der Waals surface area (Å²) in [6, 6.07) is 3.55. The van der Waals surface area contributed by atoms with Crippen molar-refractivity contribution in [3.63, 3.8) is 0 Å². The van der Waals surface area contributed by atoms with Gasteiger partial charge < -0.3 is 0 Å². The van der Waals surface area contributed by atoms with Crippen LogP contribution in [0.2, 0.25) is 0 Å². The van der Waals surface area contributed by atoms with Crippen LogP contribution in [0.5, 0.6) is 0 Å². The van der Waals surface area contributed by atoms with Crippen molar-refractivity contribution in [1.82, 2.24) is 14.4 Å². The molecule has 0 radical (unpaired) electrons. The molecule has 0 N–H and O–H groups in total. The van der Waals surface area contributed by atoms with Gasteiger partial charge in [0, 0.05) is 35.2 Å². The number of fused-ring (bicyclic) bond motifs is 1. The van der Waals surface area contributed by atoms with Gasteiger partial charge in [0.05, 0.1) is 12.1 Å². The number of aryl methyl sites for hydroxylation is 1. The first-order chi connectivity index (χ1) is 8.72. The van der Waals surface area contributed by atoms with E-state index in [1.165, 1.54) is 0 Å². The molecule has 3 heterocycles. The number of hydrogen-bond acceptors (Lipinski definition) is 4. The number of pyridine rings is 1. The smallest absolute Gasteiger partial charge is 0.193 e. The number of thiazole rings is 1. The molecule has 0 unspecified atom stereocenters. The number of carbonyl (C=O) groups excluding carboxylic acids is 1. The summed E-state index contributed by atoms with van der Waals surface area (Å²) in [6.07, 6.45) is 5.83. The van der Waals surface area contributed by atoms with Crippen LogP contribution in [-0.2, 0) is 6.42 Å². The third kappa shape index (κ3) is 2.04. The highest BCUT2D eigenvalue weighted by molar-refractivity contribution is 7.15. The first-order valence-electron chi connectivity index (χ1n) is 5.59. The SMILES string of the molecule is Cc1cc(C(=O)Cc2cn3ccsc3n2)ccn1. The van der Waals surface area contributed by atoms with Crippen LogP contribution >= 0.6 is 11.3 Å². The maximum Gasteiger partial charge on any atom is 0.193 e. The Morgan fingerprint density at radius 1 is 1.50 bits per heavy atom. The van der Waals surface area contributed by atoms with E-state index in [1.807, 2.05) is 29.1 Å². The van der Waals surface area contributed by atoms with Crippen molar-refractivity contribution < 1.29 is 4.79 Å². The van der Waals surface area contributed by atoms with Gasteiger partial charge >= 0.3 is 0 Å². The lowest BCUT2D eigenvalue weighted by Crippen LogP contribution is -2.04. The fraction of sp³-hybridized carbons (Fsp3) is 0.154. The molecule has 18 heavy (non-hydrogen) atoms. The lowest BCUT2D eigenvalue weighted by atomic mass is 10.1. The Bertz CT molecular complexity index is 685. The van der Waals surface area contributed by atoms with Crippen LogP contribution in [0.15, 0.2) is 36.1 Å². The summed E-state index contributed by atoms with van der Waals surface area (Å²) in [5.41, 5.74) is 2.35. The van der Waals surface area contributed by atoms with Crippen molar-refractivity contribution in [2.75, 3.05) is 0 Å². The molecule has 0 aliphatic rings. The van der Waals surface area contributed by atoms with Crippen LogP contribution in [0.3, 0.4) is 0 Å². The van der Waals surface area contributed by atoms with E-state index in [4.69, 9.17) is 0 Å². The third-order valence-electron chi connectivity index (χ3n) is 2.70. The van der Waals surface area contributed by atoms with Gasteiger partial charge in [-0.1, -0.05) is 0 Å². The Morgan fingerprint density at radius 2 is 2.39 bits per heavy atom. The summed E-state index contributed by atoms with van der Waals surface area (Å²) < 4.78 is 1.94. The molecule has 3 aromatic heterocycles. The normalized spacial score (nSPS) is 10.9. The van der Waals surface area contributed by atoms with E-state index in [1.54, 1.807) is 29.7 Å². The van der Waals surface area contributed by atoms with E-state index in [-0.39, 0.29) is 5.78 Å². The quantitative estimate of drug-likeness (QED) is 0.677. The number of aromatic nitrogens is 3. The summed E-state index contributed by atoms with van der Waals surface area (Å²) in [5.74, 6) is 0.0752. The number of hydrogen-bond donors (Lipinski definition) is 0. The van der Waals surface area contributed by atoms with Gasteiger partial charge in [0.2, 0.25) is 0 Å². The average molecular weight is 257 g/mol. The minimum atomic E-state index is 0.0752. The summed E-state index contributed by atoms with van der Waals surface area (Å²) in [7, 11) is 0. The van der Waals surface area contributed by atoms with Crippen molar-refractivity contribution in [2.45, 2.75) is 13.3 Å². The molecule has 0 atom stereocenters. The predicted octanol–water partition coefficient (Wildman–Crippen LogP) is 2.52. The minimum Gasteiger partial charge on any atom is -0.297 e. The van der Waals surface area contributed by atoms with Gasteiger partial charge in [0.15, 0.2) is 10.7 Å². The standard InChI is InChI=1S/C13H11N3OS/c1-9-6-10(2-3-14-9)12(17)7-11-8-16-4-5-18-13(16)15-11/h2-6,8H,7H2,1H3. The Morgan fingerprint density at radius 3 is 3.17 bits per heavy atom. The summed E-state index contributed by atoms with van der Waals surface area (Å²) >= 11 is 1.56. The molecule has 4 nitrogen and oxygen atoms in total. The van der Waals surface area contributed by atoms with E-state index in [0.29, 0.717) is 12.0 Å². The number of carbonyl (C=O) groups is 1. The number of nitrogens with zero attached hydrogens (tertiary/aromatic N) is 3. The van der Waals surface area contributed by atoms with Gasteiger partial charge in [-0.15, -0.1) is 11.3 Å². The number of rotatable bonds is 3. The third-order valence-corrected chi connectivity index (χ3v) is 3.47. The molecule has 3 rings (SSSR count). The van der Waals surface area contributed by atoms with Crippen molar-refractivity contribution in [1.29, 1.82) is 0 Å². The highest BCUT2D eigenvalue weighted by atomic mass is 32.1. The van der Waals surface area contributed by atoms with E-state index in [0.717, 1.165) is 16.3 Å². The van der Waals surface area contributed by atoms with E-state index >= 15 is 0 Å². The van der Waals surface area contributed by atoms with E-state index in [9.17, 15) is 4.79 Å². The van der Waals surface area contributed by atoms with Gasteiger partial charge in [0.25, 0.3) is 0 Å². The average Bonchev–Trinajstić information content (AvgIpc) is 2.89. The fourth-order valence-corrected chi connectivity index (χ4v) is 2.57. The van der Waals surface area contributed by atoms with Gasteiger partial charge in [-0.3, -0.25) is 14.2 Å². The highest BCUT2D eigenvalue weighted by Gasteiger charge is 2.10. The number of imidazole rings is 1. The second kappa shape index (κ2) is 4.34. The monoisotopic (exact) mass is 257 g/mol. The Kier molecular flexibility index (Phi) is 2.68. The summed E-state index contributed by atoms with van der Waals surface area (Å²) in [6.45, 7) is 1.88. The lowest BCUT2D eigenvalue weighted by Gasteiger charge is -1.99. The van der Waals surface area contributed by atoms with Crippen LogP contribution in [0, 0.1) is 6.92 Å². The Hall–Kier alpha value is -2.01. The van der Waals surface area contributed by atoms with Gasteiger partial charge in [-0.05, 0) is 19.1 Å². The van der Waals surface area contributed by atoms with Crippen LogP contribution in [0.4, 0.5) is 0 Å². The number of Topliss-reactive ketones (excluding diaryl/α,β-unsaturated/α-hetero) is 1. The summed E-state index contributed by atoms with van der Waals surface area (Å²) in [5, 5.41) is 1.97. The molecule has 3 aromatic rings. The Labute approximate surface area is 108 Å². The van der Waals surface area contributed by atoms with Crippen LogP contribution in [0.25, 0.3) is 4.96 Å². The van der Waals surface area contributed by atoms with Gasteiger partial charge in [-0.25, -0.2) is 4.98 Å². The molecule has 0 saturated heterocycles. The van der Waals surface area contributed by atoms with Gasteiger partial charge in [0.1, 0.15) is 0 Å². The molecule has 0 aliphatic heterocycles. The molecule has 0 aromatic carbocycles. The second-order valence-electron chi connectivity index (χ2n) is 4.11. The van der Waals surface area contributed by atoms with E-state index < -0.39 is 0 Å². The molecule has 90 valence electrons. The first-order valence-corrected chi connectivity index (χ1v) is 6.47. The molecule has 0 amide bonds. The van der Waals surface area contributed by atoms with Crippen LogP contribution in [-0.4, -0.2) is 20.2 Å². The topological polar surface area (TPSA) is 47.3 Å². The van der Waals surface area contributed by atoms with Crippen LogP contribution < -0.4 is 0 Å². The van der Waals surface area contributed by atoms with Gasteiger partial charge in [-0.2, -0.15) is 0 Å². The molecule has 0 spiro atoms. The zero-order valence-electron chi connectivity index (χ0n) is 9.83. The largest absolute Gasteiger partial charge is 0.297 e.